The maximum Gasteiger partial charge on any atom is 0.227 e. The largest absolute Gasteiger partial charge is 0.493 e. The highest BCUT2D eigenvalue weighted by Crippen LogP contribution is 2.34. The number of hydrogen-bond acceptors (Lipinski definition) is 3. The molecule has 3 aromatic carbocycles. The van der Waals surface area contributed by atoms with Gasteiger partial charge in [0.05, 0.1) is 17.6 Å². The van der Waals surface area contributed by atoms with Crippen molar-refractivity contribution in [3.05, 3.63) is 88.2 Å². The summed E-state index contributed by atoms with van der Waals surface area (Å²) in [5.74, 6) is 2.65. The van der Waals surface area contributed by atoms with Crippen molar-refractivity contribution in [3.8, 4) is 5.75 Å². The maximum absolute atomic E-state index is 13.0. The molecule has 0 aliphatic carbocycles. The molecule has 0 N–H and O–H groups in total. The first-order valence-corrected chi connectivity index (χ1v) is 13.9. The summed E-state index contributed by atoms with van der Waals surface area (Å²) in [6.45, 7) is 8.69. The second-order valence-corrected chi connectivity index (χ2v) is 11.2. The average molecular weight is 561 g/mol. The van der Waals surface area contributed by atoms with Crippen LogP contribution < -0.4 is 9.64 Å². The molecule has 0 spiro atoms. The predicted octanol–water partition coefficient (Wildman–Crippen LogP) is 7.61. The van der Waals surface area contributed by atoms with E-state index in [0.29, 0.717) is 25.5 Å². The lowest BCUT2D eigenvalue weighted by atomic mass is 10.0. The van der Waals surface area contributed by atoms with Crippen molar-refractivity contribution in [1.29, 1.82) is 0 Å². The predicted molar refractivity (Wildman–Crippen MR) is 154 cm³/mol. The Morgan fingerprint density at radius 1 is 1.05 bits per heavy atom. The van der Waals surface area contributed by atoms with Crippen molar-refractivity contribution in [2.75, 3.05) is 18.1 Å². The zero-order chi connectivity index (χ0) is 25.9. The van der Waals surface area contributed by atoms with Crippen LogP contribution in [0.4, 0.5) is 5.69 Å². The van der Waals surface area contributed by atoms with E-state index in [1.807, 2.05) is 35.2 Å². The Morgan fingerprint density at radius 3 is 2.70 bits per heavy atom. The standard InChI is InChI=1S/C31H34BrN3O2/c1-21(2)26-14-13-22(3)17-29(26)37-16-7-6-15-34-28-12-5-4-11-27(28)33-31(34)23-18-30(36)35(20-23)25-10-8-9-24(32)19-25/h4-5,8-14,17,19,21,23H,6-7,15-16,18,20H2,1-3H3. The van der Waals surface area contributed by atoms with Crippen LogP contribution in [0.15, 0.2) is 71.2 Å². The van der Waals surface area contributed by atoms with Gasteiger partial charge in [-0.15, -0.1) is 0 Å². The van der Waals surface area contributed by atoms with Gasteiger partial charge < -0.3 is 14.2 Å². The second-order valence-electron chi connectivity index (χ2n) is 10.2. The Kier molecular flexibility index (Phi) is 7.65. The first kappa shape index (κ1) is 25.5. The third-order valence-corrected chi connectivity index (χ3v) is 7.61. The van der Waals surface area contributed by atoms with Crippen LogP contribution in [-0.4, -0.2) is 28.6 Å². The van der Waals surface area contributed by atoms with Crippen LogP contribution in [0.5, 0.6) is 5.75 Å². The number of para-hydroxylation sites is 2. The van der Waals surface area contributed by atoms with E-state index < -0.39 is 0 Å². The summed E-state index contributed by atoms with van der Waals surface area (Å²) in [5.41, 5.74) is 5.53. The molecule has 0 bridgehead atoms. The summed E-state index contributed by atoms with van der Waals surface area (Å²) in [7, 11) is 0. The molecule has 192 valence electrons. The van der Waals surface area contributed by atoms with E-state index in [0.717, 1.165) is 52.2 Å². The molecule has 5 rings (SSSR count). The fraction of sp³-hybridized carbons (Fsp3) is 0.355. The average Bonchev–Trinajstić information content (AvgIpc) is 3.44. The molecule has 1 unspecified atom stereocenters. The van der Waals surface area contributed by atoms with Gasteiger partial charge in [0, 0.05) is 35.6 Å². The third kappa shape index (κ3) is 5.59. The number of ether oxygens (including phenoxy) is 1. The number of nitrogens with zero attached hydrogens (tertiary/aromatic N) is 3. The second kappa shape index (κ2) is 11.1. The van der Waals surface area contributed by atoms with Gasteiger partial charge in [0.1, 0.15) is 11.6 Å². The van der Waals surface area contributed by atoms with E-state index in [2.05, 4.69) is 77.7 Å². The third-order valence-electron chi connectivity index (χ3n) is 7.12. The van der Waals surface area contributed by atoms with Gasteiger partial charge >= 0.3 is 0 Å². The van der Waals surface area contributed by atoms with Crippen molar-refractivity contribution < 1.29 is 9.53 Å². The number of imidazole rings is 1. The van der Waals surface area contributed by atoms with Crippen LogP contribution in [0.2, 0.25) is 0 Å². The number of hydrogen-bond donors (Lipinski definition) is 0. The van der Waals surface area contributed by atoms with Gasteiger partial charge in [0.25, 0.3) is 0 Å². The number of carbonyl (C=O) groups excluding carboxylic acids is 1. The molecule has 1 atom stereocenters. The number of unbranched alkanes of at least 4 members (excludes halogenated alkanes) is 1. The van der Waals surface area contributed by atoms with E-state index in [4.69, 9.17) is 9.72 Å². The molecule has 1 aromatic heterocycles. The van der Waals surface area contributed by atoms with Gasteiger partial charge in [0.15, 0.2) is 0 Å². The number of halogens is 1. The molecule has 1 amide bonds. The number of aromatic nitrogens is 2. The molecular weight excluding hydrogens is 526 g/mol. The highest BCUT2D eigenvalue weighted by molar-refractivity contribution is 9.10. The van der Waals surface area contributed by atoms with Gasteiger partial charge in [-0.1, -0.05) is 60.1 Å². The topological polar surface area (TPSA) is 47.4 Å². The number of carbonyl (C=O) groups is 1. The molecule has 1 fully saturated rings. The van der Waals surface area contributed by atoms with Crippen LogP contribution in [-0.2, 0) is 11.3 Å². The Morgan fingerprint density at radius 2 is 1.89 bits per heavy atom. The number of benzene rings is 3. The number of anilines is 1. The summed E-state index contributed by atoms with van der Waals surface area (Å²) in [4.78, 5) is 19.9. The van der Waals surface area contributed by atoms with Crippen molar-refractivity contribution in [2.45, 2.75) is 58.4 Å². The number of aryl methyl sites for hydroxylation is 2. The minimum absolute atomic E-state index is 0.0658. The first-order chi connectivity index (χ1) is 17.9. The van der Waals surface area contributed by atoms with E-state index in [9.17, 15) is 4.79 Å². The molecule has 6 heteroatoms. The Labute approximate surface area is 227 Å². The molecule has 1 saturated heterocycles. The Balaban J connectivity index is 1.29. The minimum atomic E-state index is 0.0658. The zero-order valence-electron chi connectivity index (χ0n) is 21.8. The lowest BCUT2D eigenvalue weighted by Gasteiger charge is -2.18. The number of rotatable bonds is 9. The van der Waals surface area contributed by atoms with Gasteiger partial charge in [-0.05, 0) is 73.2 Å². The highest BCUT2D eigenvalue weighted by Gasteiger charge is 2.34. The van der Waals surface area contributed by atoms with Crippen LogP contribution >= 0.6 is 15.9 Å². The first-order valence-electron chi connectivity index (χ1n) is 13.1. The van der Waals surface area contributed by atoms with Gasteiger partial charge in [-0.25, -0.2) is 4.98 Å². The normalized spacial score (nSPS) is 15.8. The van der Waals surface area contributed by atoms with Gasteiger partial charge in [-0.2, -0.15) is 0 Å². The van der Waals surface area contributed by atoms with Crippen molar-refractivity contribution in [1.82, 2.24) is 9.55 Å². The number of amides is 1. The molecule has 1 aliphatic heterocycles. The van der Waals surface area contributed by atoms with E-state index in [1.54, 1.807) is 0 Å². The summed E-state index contributed by atoms with van der Waals surface area (Å²) < 4.78 is 9.52. The number of fused-ring (bicyclic) bond motifs is 1. The summed E-state index contributed by atoms with van der Waals surface area (Å²) in [6.07, 6.45) is 2.40. The molecule has 1 aliphatic rings. The Bertz CT molecular complexity index is 1410. The molecular formula is C31H34BrN3O2. The monoisotopic (exact) mass is 559 g/mol. The fourth-order valence-corrected chi connectivity index (χ4v) is 5.60. The Hall–Kier alpha value is -3.12. The van der Waals surface area contributed by atoms with Crippen molar-refractivity contribution in [2.24, 2.45) is 0 Å². The van der Waals surface area contributed by atoms with Crippen molar-refractivity contribution >= 4 is 38.6 Å². The lowest BCUT2D eigenvalue weighted by molar-refractivity contribution is -0.117. The molecule has 5 nitrogen and oxygen atoms in total. The maximum atomic E-state index is 13.0. The van der Waals surface area contributed by atoms with E-state index >= 15 is 0 Å². The summed E-state index contributed by atoms with van der Waals surface area (Å²) >= 11 is 3.53. The van der Waals surface area contributed by atoms with Crippen LogP contribution in [0.25, 0.3) is 11.0 Å². The lowest BCUT2D eigenvalue weighted by Crippen LogP contribution is -2.24. The SMILES string of the molecule is Cc1ccc(C(C)C)c(OCCCCn2c(C3CC(=O)N(c4cccc(Br)c4)C3)nc3ccccc32)c1. The molecule has 0 radical (unpaired) electrons. The highest BCUT2D eigenvalue weighted by atomic mass is 79.9. The van der Waals surface area contributed by atoms with Gasteiger partial charge in [0.2, 0.25) is 5.91 Å². The van der Waals surface area contributed by atoms with E-state index in [-0.39, 0.29) is 11.8 Å². The molecule has 37 heavy (non-hydrogen) atoms. The molecule has 2 heterocycles. The smallest absolute Gasteiger partial charge is 0.227 e. The van der Waals surface area contributed by atoms with Crippen LogP contribution in [0.1, 0.15) is 61.9 Å². The van der Waals surface area contributed by atoms with Crippen LogP contribution in [0, 0.1) is 6.92 Å². The zero-order valence-corrected chi connectivity index (χ0v) is 23.4. The van der Waals surface area contributed by atoms with Crippen molar-refractivity contribution in [3.63, 3.8) is 0 Å². The molecule has 0 saturated carbocycles. The quantitative estimate of drug-likeness (QED) is 0.198. The fourth-order valence-electron chi connectivity index (χ4n) is 5.21. The van der Waals surface area contributed by atoms with Crippen LogP contribution in [0.3, 0.4) is 0 Å². The minimum Gasteiger partial charge on any atom is -0.493 e. The van der Waals surface area contributed by atoms with Gasteiger partial charge in [-0.3, -0.25) is 4.79 Å². The summed E-state index contributed by atoms with van der Waals surface area (Å²) in [6, 6.07) is 22.7. The van der Waals surface area contributed by atoms with E-state index in [1.165, 1.54) is 11.1 Å². The molecule has 4 aromatic rings. The summed E-state index contributed by atoms with van der Waals surface area (Å²) in [5, 5.41) is 0.